The first-order chi connectivity index (χ1) is 10.8. The molecule has 4 heteroatoms. The minimum atomic E-state index is 0.200. The topological polar surface area (TPSA) is 41.6 Å². The monoisotopic (exact) mass is 304 g/mol. The van der Waals surface area contributed by atoms with E-state index in [2.05, 4.69) is 22.3 Å². The second-order valence-corrected chi connectivity index (χ2v) is 6.02. The van der Waals surface area contributed by atoms with Crippen molar-refractivity contribution in [2.45, 2.75) is 38.1 Å². The molecule has 1 aliphatic rings. The summed E-state index contributed by atoms with van der Waals surface area (Å²) in [5.74, 6) is 0.200. The smallest absolute Gasteiger partial charge is 0.220 e. The summed E-state index contributed by atoms with van der Waals surface area (Å²) in [4.78, 5) is 14.4. The number of nitrogens with zero attached hydrogens (tertiary/aromatic N) is 1. The summed E-state index contributed by atoms with van der Waals surface area (Å²) < 4.78 is 5.11. The second-order valence-electron chi connectivity index (χ2n) is 6.02. The molecular weight excluding hydrogens is 276 g/mol. The minimum Gasteiger partial charge on any atom is -0.383 e. The van der Waals surface area contributed by atoms with Gasteiger partial charge in [-0.15, -0.1) is 0 Å². The number of rotatable bonds is 8. The normalized spacial score (nSPS) is 16.6. The lowest BCUT2D eigenvalue weighted by atomic mass is 10.0. The molecule has 0 unspecified atom stereocenters. The molecule has 0 bridgehead atoms. The van der Waals surface area contributed by atoms with E-state index in [0.29, 0.717) is 12.5 Å². The average molecular weight is 304 g/mol. The molecule has 1 N–H and O–H groups in total. The third-order valence-electron chi connectivity index (χ3n) is 4.28. The Morgan fingerprint density at radius 2 is 2.00 bits per heavy atom. The van der Waals surface area contributed by atoms with Gasteiger partial charge in [-0.1, -0.05) is 30.3 Å². The minimum absolute atomic E-state index is 0.200. The fourth-order valence-electron chi connectivity index (χ4n) is 2.92. The molecule has 0 aromatic heterocycles. The quantitative estimate of drug-likeness (QED) is 0.801. The van der Waals surface area contributed by atoms with Gasteiger partial charge in [-0.05, 0) is 31.2 Å². The van der Waals surface area contributed by atoms with Crippen molar-refractivity contribution in [3.63, 3.8) is 0 Å². The van der Waals surface area contributed by atoms with Crippen LogP contribution in [-0.2, 0) is 16.0 Å². The van der Waals surface area contributed by atoms with Gasteiger partial charge in [-0.25, -0.2) is 0 Å². The summed E-state index contributed by atoms with van der Waals surface area (Å²) in [6.45, 7) is 3.89. The molecule has 2 rings (SSSR count). The summed E-state index contributed by atoms with van der Waals surface area (Å²) in [5.41, 5.74) is 1.31. The van der Waals surface area contributed by atoms with Crippen molar-refractivity contribution in [2.24, 2.45) is 0 Å². The maximum Gasteiger partial charge on any atom is 0.220 e. The first-order valence-electron chi connectivity index (χ1n) is 8.32. The lowest BCUT2D eigenvalue weighted by molar-refractivity contribution is -0.122. The van der Waals surface area contributed by atoms with E-state index in [-0.39, 0.29) is 5.91 Å². The Kier molecular flexibility index (Phi) is 7.40. The van der Waals surface area contributed by atoms with Crippen LogP contribution in [-0.4, -0.2) is 50.2 Å². The van der Waals surface area contributed by atoms with Crippen molar-refractivity contribution in [3.05, 3.63) is 35.9 Å². The molecule has 0 spiro atoms. The third-order valence-corrected chi connectivity index (χ3v) is 4.28. The van der Waals surface area contributed by atoms with Crippen LogP contribution in [0.25, 0.3) is 0 Å². The number of piperidine rings is 1. The molecule has 0 atom stereocenters. The van der Waals surface area contributed by atoms with Gasteiger partial charge in [0.05, 0.1) is 6.61 Å². The van der Waals surface area contributed by atoms with Crippen LogP contribution in [0.3, 0.4) is 0 Å². The maximum atomic E-state index is 12.0. The Bertz CT molecular complexity index is 428. The Labute approximate surface area is 133 Å². The number of ether oxygens (including phenoxy) is 1. The molecule has 0 radical (unpaired) electrons. The van der Waals surface area contributed by atoms with Gasteiger partial charge in [-0.3, -0.25) is 4.79 Å². The van der Waals surface area contributed by atoms with Gasteiger partial charge in [-0.2, -0.15) is 0 Å². The van der Waals surface area contributed by atoms with Gasteiger partial charge in [0.1, 0.15) is 0 Å². The highest BCUT2D eigenvalue weighted by Gasteiger charge is 2.20. The van der Waals surface area contributed by atoms with Crippen LogP contribution in [0.2, 0.25) is 0 Å². The number of carbonyl (C=O) groups is 1. The van der Waals surface area contributed by atoms with Crippen LogP contribution < -0.4 is 5.32 Å². The predicted molar refractivity (Wildman–Crippen MR) is 88.9 cm³/mol. The number of hydrogen-bond acceptors (Lipinski definition) is 3. The average Bonchev–Trinajstić information content (AvgIpc) is 2.55. The van der Waals surface area contributed by atoms with Gasteiger partial charge in [0.15, 0.2) is 0 Å². The van der Waals surface area contributed by atoms with E-state index in [0.717, 1.165) is 51.9 Å². The lowest BCUT2D eigenvalue weighted by Gasteiger charge is -2.32. The Balaban J connectivity index is 1.58. The van der Waals surface area contributed by atoms with Gasteiger partial charge >= 0.3 is 0 Å². The molecule has 0 aliphatic carbocycles. The number of nitrogens with one attached hydrogen (secondary N) is 1. The molecule has 1 aromatic rings. The molecule has 1 aromatic carbocycles. The Morgan fingerprint density at radius 3 is 2.68 bits per heavy atom. The van der Waals surface area contributed by atoms with E-state index in [1.807, 2.05) is 18.2 Å². The lowest BCUT2D eigenvalue weighted by Crippen LogP contribution is -2.45. The number of methoxy groups -OCH3 is 1. The summed E-state index contributed by atoms with van der Waals surface area (Å²) in [6.07, 6.45) is 4.62. The Hall–Kier alpha value is -1.39. The van der Waals surface area contributed by atoms with Gasteiger partial charge in [0.25, 0.3) is 0 Å². The van der Waals surface area contributed by atoms with E-state index in [1.165, 1.54) is 5.56 Å². The zero-order chi connectivity index (χ0) is 15.6. The molecule has 122 valence electrons. The number of hydrogen-bond donors (Lipinski definition) is 1. The third kappa shape index (κ3) is 6.16. The summed E-state index contributed by atoms with van der Waals surface area (Å²) in [5, 5.41) is 3.18. The van der Waals surface area contributed by atoms with Crippen molar-refractivity contribution in [1.29, 1.82) is 0 Å². The summed E-state index contributed by atoms with van der Waals surface area (Å²) in [7, 11) is 1.74. The molecular formula is C18H28N2O2. The maximum absolute atomic E-state index is 12.0. The van der Waals surface area contributed by atoms with Crippen molar-refractivity contribution >= 4 is 5.91 Å². The predicted octanol–water partition coefficient (Wildman–Crippen LogP) is 2.24. The molecule has 1 heterocycles. The number of likely N-dealkylation sites (tertiary alicyclic amines) is 1. The van der Waals surface area contributed by atoms with Gasteiger partial charge in [0.2, 0.25) is 5.91 Å². The highest BCUT2D eigenvalue weighted by atomic mass is 16.5. The number of carbonyl (C=O) groups excluding carboxylic acids is 1. The van der Waals surface area contributed by atoms with Crippen molar-refractivity contribution in [1.82, 2.24) is 10.2 Å². The van der Waals surface area contributed by atoms with Crippen molar-refractivity contribution < 1.29 is 9.53 Å². The van der Waals surface area contributed by atoms with E-state index in [1.54, 1.807) is 7.11 Å². The standard InChI is InChI=1S/C18H28N2O2/c1-22-15-14-20-12-10-17(11-13-20)19-18(21)9-5-8-16-6-3-2-4-7-16/h2-4,6-7,17H,5,8-15H2,1H3,(H,19,21). The molecule has 22 heavy (non-hydrogen) atoms. The highest BCUT2D eigenvalue weighted by molar-refractivity contribution is 5.76. The first-order valence-corrected chi connectivity index (χ1v) is 8.32. The number of aryl methyl sites for hydroxylation is 1. The van der Waals surface area contributed by atoms with Crippen LogP contribution in [0, 0.1) is 0 Å². The zero-order valence-corrected chi connectivity index (χ0v) is 13.6. The molecule has 4 nitrogen and oxygen atoms in total. The van der Waals surface area contributed by atoms with Crippen LogP contribution in [0.4, 0.5) is 0 Å². The van der Waals surface area contributed by atoms with E-state index in [4.69, 9.17) is 4.74 Å². The summed E-state index contributed by atoms with van der Waals surface area (Å²) in [6, 6.07) is 10.7. The van der Waals surface area contributed by atoms with Crippen molar-refractivity contribution in [3.8, 4) is 0 Å². The molecule has 1 fully saturated rings. The van der Waals surface area contributed by atoms with Crippen LogP contribution in [0.5, 0.6) is 0 Å². The molecule has 1 amide bonds. The fraction of sp³-hybridized carbons (Fsp3) is 0.611. The number of benzene rings is 1. The van der Waals surface area contributed by atoms with E-state index >= 15 is 0 Å². The molecule has 1 aliphatic heterocycles. The number of amides is 1. The Morgan fingerprint density at radius 1 is 1.27 bits per heavy atom. The van der Waals surface area contributed by atoms with Crippen LogP contribution >= 0.6 is 0 Å². The van der Waals surface area contributed by atoms with E-state index in [9.17, 15) is 4.79 Å². The molecule has 1 saturated heterocycles. The van der Waals surface area contributed by atoms with Crippen LogP contribution in [0.15, 0.2) is 30.3 Å². The highest BCUT2D eigenvalue weighted by Crippen LogP contribution is 2.11. The summed E-state index contributed by atoms with van der Waals surface area (Å²) >= 11 is 0. The molecule has 0 saturated carbocycles. The van der Waals surface area contributed by atoms with Crippen molar-refractivity contribution in [2.75, 3.05) is 33.4 Å². The fourth-order valence-corrected chi connectivity index (χ4v) is 2.92. The first kappa shape index (κ1) is 17.0. The van der Waals surface area contributed by atoms with Crippen LogP contribution in [0.1, 0.15) is 31.2 Å². The van der Waals surface area contributed by atoms with E-state index < -0.39 is 0 Å². The zero-order valence-electron chi connectivity index (χ0n) is 13.6. The SMILES string of the molecule is COCCN1CCC(NC(=O)CCCc2ccccc2)CC1. The second kappa shape index (κ2) is 9.59. The van der Waals surface area contributed by atoms with Gasteiger partial charge in [0, 0.05) is 39.2 Å². The largest absolute Gasteiger partial charge is 0.383 e. The van der Waals surface area contributed by atoms with Gasteiger partial charge < -0.3 is 15.0 Å².